The SMILES string of the molecule is CN1CCN(C(=O)c2nn3c(c2Br)N[C@@H](c2ccccc2)C[C@@H]3C(F)(F)F)CC1. The van der Waals surface area contributed by atoms with Crippen LogP contribution >= 0.6 is 15.9 Å². The second kappa shape index (κ2) is 7.64. The Morgan fingerprint density at radius 3 is 2.45 bits per heavy atom. The molecule has 0 saturated carbocycles. The quantitative estimate of drug-likeness (QED) is 0.725. The number of rotatable bonds is 2. The van der Waals surface area contributed by atoms with E-state index in [-0.39, 0.29) is 28.3 Å². The molecule has 0 bridgehead atoms. The van der Waals surface area contributed by atoms with Crippen LogP contribution in [0.3, 0.4) is 0 Å². The first-order chi connectivity index (χ1) is 13.8. The third kappa shape index (κ3) is 3.87. The van der Waals surface area contributed by atoms with E-state index in [0.29, 0.717) is 13.1 Å². The molecule has 1 saturated heterocycles. The summed E-state index contributed by atoms with van der Waals surface area (Å²) in [7, 11) is 1.97. The number of likely N-dealkylation sites (N-methyl/N-ethyl adjacent to an activating group) is 1. The van der Waals surface area contributed by atoms with Crippen LogP contribution in [0.4, 0.5) is 19.0 Å². The molecule has 0 spiro atoms. The zero-order valence-corrected chi connectivity index (χ0v) is 17.4. The summed E-state index contributed by atoms with van der Waals surface area (Å²) in [4.78, 5) is 16.7. The van der Waals surface area contributed by atoms with E-state index in [0.717, 1.165) is 23.3 Å². The number of amides is 1. The molecule has 10 heteroatoms. The summed E-state index contributed by atoms with van der Waals surface area (Å²) in [6, 6.07) is 6.65. The molecule has 0 aliphatic carbocycles. The lowest BCUT2D eigenvalue weighted by molar-refractivity contribution is -0.173. The number of carbonyl (C=O) groups excluding carboxylic acids is 1. The fourth-order valence-electron chi connectivity index (χ4n) is 3.79. The van der Waals surface area contributed by atoms with Crippen molar-refractivity contribution in [3.8, 4) is 0 Å². The molecule has 2 aromatic rings. The second-order valence-corrected chi connectivity index (χ2v) is 8.24. The summed E-state index contributed by atoms with van der Waals surface area (Å²) < 4.78 is 42.7. The third-order valence-corrected chi connectivity index (χ3v) is 6.24. The number of nitrogens with zero attached hydrogens (tertiary/aromatic N) is 4. The molecular formula is C19H21BrF3N5O. The van der Waals surface area contributed by atoms with E-state index in [9.17, 15) is 18.0 Å². The Labute approximate surface area is 174 Å². The number of piperazine rings is 1. The molecule has 2 aliphatic heterocycles. The molecule has 6 nitrogen and oxygen atoms in total. The highest BCUT2D eigenvalue weighted by atomic mass is 79.9. The molecule has 1 amide bonds. The number of alkyl halides is 3. The highest BCUT2D eigenvalue weighted by molar-refractivity contribution is 9.10. The molecule has 0 unspecified atom stereocenters. The van der Waals surface area contributed by atoms with E-state index >= 15 is 0 Å². The molecule has 2 atom stereocenters. The van der Waals surface area contributed by atoms with Gasteiger partial charge in [0.25, 0.3) is 5.91 Å². The van der Waals surface area contributed by atoms with Crippen LogP contribution in [-0.4, -0.2) is 64.9 Å². The van der Waals surface area contributed by atoms with E-state index < -0.39 is 18.3 Å². The monoisotopic (exact) mass is 471 g/mol. The third-order valence-electron chi connectivity index (χ3n) is 5.49. The lowest BCUT2D eigenvalue weighted by atomic mass is 9.97. The smallest absolute Gasteiger partial charge is 0.362 e. The Morgan fingerprint density at radius 1 is 1.17 bits per heavy atom. The predicted molar refractivity (Wildman–Crippen MR) is 106 cm³/mol. The summed E-state index contributed by atoms with van der Waals surface area (Å²) in [6.45, 7) is 2.48. The van der Waals surface area contributed by atoms with Gasteiger partial charge in [-0.15, -0.1) is 0 Å². The van der Waals surface area contributed by atoms with Crippen molar-refractivity contribution in [2.75, 3.05) is 38.5 Å². The van der Waals surface area contributed by atoms with Crippen molar-refractivity contribution in [1.82, 2.24) is 19.6 Å². The average molecular weight is 472 g/mol. The first kappa shape index (κ1) is 20.2. The van der Waals surface area contributed by atoms with Gasteiger partial charge in [-0.3, -0.25) is 4.79 Å². The lowest BCUT2D eigenvalue weighted by Crippen LogP contribution is -2.47. The zero-order valence-electron chi connectivity index (χ0n) is 15.8. The average Bonchev–Trinajstić information content (AvgIpc) is 3.04. The maximum atomic E-state index is 13.8. The van der Waals surface area contributed by atoms with E-state index in [4.69, 9.17) is 0 Å². The minimum absolute atomic E-state index is 0.0139. The van der Waals surface area contributed by atoms with Gasteiger partial charge in [0, 0.05) is 32.6 Å². The standard InChI is InChI=1S/C19H21BrF3N5O/c1-26-7-9-27(10-8-26)18(29)16-15(20)17-24-13(12-5-3-2-4-6-12)11-14(19(21,22)23)28(17)25-16/h2-6,13-14,24H,7-11H2,1H3/t13-,14-/m1/s1. The molecule has 1 N–H and O–H groups in total. The fourth-order valence-corrected chi connectivity index (χ4v) is 4.33. The first-order valence-electron chi connectivity index (χ1n) is 9.39. The summed E-state index contributed by atoms with van der Waals surface area (Å²) >= 11 is 3.34. The maximum Gasteiger partial charge on any atom is 0.410 e. The number of hydrogen-bond donors (Lipinski definition) is 1. The predicted octanol–water partition coefficient (Wildman–Crippen LogP) is 3.69. The Bertz CT molecular complexity index is 893. The highest BCUT2D eigenvalue weighted by Crippen LogP contribution is 2.46. The van der Waals surface area contributed by atoms with E-state index in [2.05, 4.69) is 31.2 Å². The molecular weight excluding hydrogens is 451 g/mol. The summed E-state index contributed by atoms with van der Waals surface area (Å²) in [5, 5.41) is 7.25. The van der Waals surface area contributed by atoms with Crippen molar-refractivity contribution in [2.45, 2.75) is 24.7 Å². The Morgan fingerprint density at radius 2 is 1.83 bits per heavy atom. The van der Waals surface area contributed by atoms with Gasteiger partial charge in [-0.2, -0.15) is 18.3 Å². The van der Waals surface area contributed by atoms with Gasteiger partial charge < -0.3 is 15.1 Å². The van der Waals surface area contributed by atoms with Crippen molar-refractivity contribution in [3.05, 3.63) is 46.1 Å². The number of carbonyl (C=O) groups is 1. The second-order valence-electron chi connectivity index (χ2n) is 7.45. The molecule has 1 aromatic carbocycles. The maximum absolute atomic E-state index is 13.8. The zero-order chi connectivity index (χ0) is 20.8. The van der Waals surface area contributed by atoms with Gasteiger partial charge in [-0.1, -0.05) is 30.3 Å². The molecule has 0 radical (unpaired) electrons. The van der Waals surface area contributed by atoms with E-state index in [1.807, 2.05) is 13.1 Å². The minimum atomic E-state index is -4.48. The van der Waals surface area contributed by atoms with Crippen molar-refractivity contribution in [3.63, 3.8) is 0 Å². The minimum Gasteiger partial charge on any atom is -0.362 e. The largest absolute Gasteiger partial charge is 0.410 e. The molecule has 4 rings (SSSR count). The molecule has 156 valence electrons. The highest BCUT2D eigenvalue weighted by Gasteiger charge is 2.48. The van der Waals surface area contributed by atoms with Crippen molar-refractivity contribution in [2.24, 2.45) is 0 Å². The van der Waals surface area contributed by atoms with Gasteiger partial charge in [-0.25, -0.2) is 4.68 Å². The number of nitrogens with one attached hydrogen (secondary N) is 1. The summed E-state index contributed by atoms with van der Waals surface area (Å²) in [5.41, 5.74) is 0.771. The molecule has 29 heavy (non-hydrogen) atoms. The first-order valence-corrected chi connectivity index (χ1v) is 10.2. The van der Waals surface area contributed by atoms with Crippen LogP contribution in [0.15, 0.2) is 34.8 Å². The van der Waals surface area contributed by atoms with Crippen LogP contribution in [0, 0.1) is 0 Å². The van der Waals surface area contributed by atoms with Gasteiger partial charge in [0.05, 0.1) is 10.5 Å². The Kier molecular flexibility index (Phi) is 5.32. The van der Waals surface area contributed by atoms with Gasteiger partial charge in [-0.05, 0) is 28.5 Å². The van der Waals surface area contributed by atoms with Crippen LogP contribution in [0.5, 0.6) is 0 Å². The van der Waals surface area contributed by atoms with Crippen LogP contribution in [0.1, 0.15) is 34.6 Å². The van der Waals surface area contributed by atoms with Gasteiger partial charge >= 0.3 is 6.18 Å². The number of anilines is 1. The van der Waals surface area contributed by atoms with Gasteiger partial charge in [0.1, 0.15) is 5.82 Å². The molecule has 1 aromatic heterocycles. The van der Waals surface area contributed by atoms with Crippen molar-refractivity contribution < 1.29 is 18.0 Å². The number of fused-ring (bicyclic) bond motifs is 1. The van der Waals surface area contributed by atoms with Crippen molar-refractivity contribution >= 4 is 27.7 Å². The van der Waals surface area contributed by atoms with Crippen LogP contribution in [0.2, 0.25) is 0 Å². The molecule has 2 aliphatic rings. The number of benzene rings is 1. The van der Waals surface area contributed by atoms with Gasteiger partial charge in [0.2, 0.25) is 0 Å². The number of aromatic nitrogens is 2. The fraction of sp³-hybridized carbons (Fsp3) is 0.474. The molecule has 3 heterocycles. The van der Waals surface area contributed by atoms with Crippen LogP contribution < -0.4 is 5.32 Å². The number of halogens is 4. The van der Waals surface area contributed by atoms with Gasteiger partial charge in [0.15, 0.2) is 11.7 Å². The van der Waals surface area contributed by atoms with E-state index in [1.54, 1.807) is 29.2 Å². The number of hydrogen-bond acceptors (Lipinski definition) is 4. The normalized spacial score (nSPS) is 22.9. The topological polar surface area (TPSA) is 53.4 Å². The van der Waals surface area contributed by atoms with Crippen molar-refractivity contribution in [1.29, 1.82) is 0 Å². The Balaban J connectivity index is 1.69. The van der Waals surface area contributed by atoms with Crippen LogP contribution in [-0.2, 0) is 0 Å². The van der Waals surface area contributed by atoms with E-state index in [1.165, 1.54) is 0 Å². The lowest BCUT2D eigenvalue weighted by Gasteiger charge is -2.33. The summed E-state index contributed by atoms with van der Waals surface area (Å²) in [6.07, 6.45) is -4.68. The Hall–Kier alpha value is -2.07. The van der Waals surface area contributed by atoms with Crippen LogP contribution in [0.25, 0.3) is 0 Å². The summed E-state index contributed by atoms with van der Waals surface area (Å²) in [5.74, 6) is -0.171. The molecule has 1 fully saturated rings.